The van der Waals surface area contributed by atoms with E-state index in [0.717, 1.165) is 5.56 Å². The van der Waals surface area contributed by atoms with Gasteiger partial charge in [-0.2, -0.15) is 0 Å². The summed E-state index contributed by atoms with van der Waals surface area (Å²) in [7, 11) is 0. The minimum atomic E-state index is -0.381. The minimum absolute atomic E-state index is 0.0772. The second-order valence-corrected chi connectivity index (χ2v) is 6.40. The van der Waals surface area contributed by atoms with Crippen LogP contribution in [0.5, 0.6) is 0 Å². The van der Waals surface area contributed by atoms with E-state index in [9.17, 15) is 9.18 Å². The zero-order valence-corrected chi connectivity index (χ0v) is 13.1. The van der Waals surface area contributed by atoms with Crippen LogP contribution in [-0.2, 0) is 4.79 Å². The van der Waals surface area contributed by atoms with Crippen molar-refractivity contribution in [2.75, 3.05) is 10.7 Å². The van der Waals surface area contributed by atoms with E-state index in [4.69, 9.17) is 23.2 Å². The van der Waals surface area contributed by atoms with E-state index < -0.39 is 0 Å². The van der Waals surface area contributed by atoms with Gasteiger partial charge in [0.25, 0.3) is 0 Å². The van der Waals surface area contributed by atoms with Crippen LogP contribution in [0.15, 0.2) is 42.5 Å². The van der Waals surface area contributed by atoms with Crippen LogP contribution in [0.3, 0.4) is 0 Å². The molecule has 0 N–H and O–H groups in total. The Labute approximate surface area is 135 Å². The van der Waals surface area contributed by atoms with Crippen molar-refractivity contribution in [1.29, 1.82) is 0 Å². The van der Waals surface area contributed by atoms with Crippen molar-refractivity contribution in [2.45, 2.75) is 5.37 Å². The molecule has 2 aromatic rings. The van der Waals surface area contributed by atoms with Crippen LogP contribution >= 0.6 is 35.0 Å². The van der Waals surface area contributed by atoms with E-state index in [1.165, 1.54) is 23.9 Å². The number of nitrogens with zero attached hydrogens (tertiary/aromatic N) is 1. The first-order valence-corrected chi connectivity index (χ1v) is 8.01. The highest BCUT2D eigenvalue weighted by molar-refractivity contribution is 8.00. The van der Waals surface area contributed by atoms with Crippen LogP contribution in [0.25, 0.3) is 0 Å². The van der Waals surface area contributed by atoms with Crippen LogP contribution in [0.4, 0.5) is 10.1 Å². The minimum Gasteiger partial charge on any atom is -0.295 e. The molecule has 0 unspecified atom stereocenters. The van der Waals surface area contributed by atoms with Gasteiger partial charge in [-0.05, 0) is 24.3 Å². The Morgan fingerprint density at radius 3 is 2.71 bits per heavy atom. The highest BCUT2D eigenvalue weighted by atomic mass is 35.5. The molecule has 1 atom stereocenters. The second kappa shape index (κ2) is 5.87. The fourth-order valence-corrected chi connectivity index (χ4v) is 3.95. The average molecular weight is 342 g/mol. The number of rotatable bonds is 2. The molecule has 2 nitrogen and oxygen atoms in total. The van der Waals surface area contributed by atoms with E-state index in [1.807, 2.05) is 6.07 Å². The van der Waals surface area contributed by atoms with Crippen LogP contribution in [0, 0.1) is 5.82 Å². The van der Waals surface area contributed by atoms with E-state index in [1.54, 1.807) is 29.2 Å². The Hall–Kier alpha value is -1.23. The predicted molar refractivity (Wildman–Crippen MR) is 85.5 cm³/mol. The molecule has 0 bridgehead atoms. The number of carbonyl (C=O) groups is 1. The van der Waals surface area contributed by atoms with Gasteiger partial charge in [0, 0.05) is 11.3 Å². The standard InChI is InChI=1S/C15H10Cl2FNOS/c16-12-6-2-5-11(14(12)17)15-19(13(20)8-21-15)10-4-1-3-9(18)7-10/h1-7,15H,8H2/t15-/m1/s1. The average Bonchev–Trinajstić information content (AvgIpc) is 2.83. The number of carbonyl (C=O) groups excluding carboxylic acids is 1. The monoisotopic (exact) mass is 341 g/mol. The molecule has 1 aliphatic rings. The van der Waals surface area contributed by atoms with Crippen molar-refractivity contribution >= 4 is 46.6 Å². The Morgan fingerprint density at radius 2 is 1.95 bits per heavy atom. The molecule has 0 saturated carbocycles. The molecular formula is C15H10Cl2FNOS. The normalized spacial score (nSPS) is 18.3. The zero-order valence-electron chi connectivity index (χ0n) is 10.7. The van der Waals surface area contributed by atoms with Gasteiger partial charge in [0.15, 0.2) is 0 Å². The lowest BCUT2D eigenvalue weighted by molar-refractivity contribution is -0.115. The Bertz CT molecular complexity index is 710. The molecule has 1 fully saturated rings. The van der Waals surface area contributed by atoms with Crippen molar-refractivity contribution in [2.24, 2.45) is 0 Å². The van der Waals surface area contributed by atoms with Gasteiger partial charge < -0.3 is 0 Å². The van der Waals surface area contributed by atoms with Gasteiger partial charge in [-0.3, -0.25) is 9.69 Å². The molecule has 108 valence electrons. The fraction of sp³-hybridized carbons (Fsp3) is 0.133. The third-order valence-corrected chi connectivity index (χ3v) is 5.23. The highest BCUT2D eigenvalue weighted by Gasteiger charge is 2.35. The molecule has 6 heteroatoms. The zero-order chi connectivity index (χ0) is 15.0. The Kier molecular flexibility index (Phi) is 4.11. The van der Waals surface area contributed by atoms with Crippen LogP contribution in [0.2, 0.25) is 10.0 Å². The molecule has 0 spiro atoms. The third kappa shape index (κ3) is 2.76. The van der Waals surface area contributed by atoms with Crippen LogP contribution < -0.4 is 4.90 Å². The lowest BCUT2D eigenvalue weighted by Gasteiger charge is -2.25. The van der Waals surface area contributed by atoms with Gasteiger partial charge in [-0.25, -0.2) is 4.39 Å². The third-order valence-electron chi connectivity index (χ3n) is 3.20. The maximum atomic E-state index is 13.4. The first-order chi connectivity index (χ1) is 10.1. The van der Waals surface area contributed by atoms with Crippen molar-refractivity contribution in [3.8, 4) is 0 Å². The predicted octanol–water partition coefficient (Wildman–Crippen LogP) is 4.91. The number of halogens is 3. The van der Waals surface area contributed by atoms with Crippen LogP contribution in [-0.4, -0.2) is 11.7 Å². The molecule has 0 radical (unpaired) electrons. The van der Waals surface area contributed by atoms with E-state index in [0.29, 0.717) is 21.5 Å². The smallest absolute Gasteiger partial charge is 0.238 e. The first-order valence-electron chi connectivity index (χ1n) is 6.21. The molecule has 0 aromatic heterocycles. The van der Waals surface area contributed by atoms with Gasteiger partial charge in [-0.15, -0.1) is 11.8 Å². The summed E-state index contributed by atoms with van der Waals surface area (Å²) in [4.78, 5) is 13.7. The number of amides is 1. The van der Waals surface area contributed by atoms with Gasteiger partial charge in [0.05, 0.1) is 15.8 Å². The summed E-state index contributed by atoms with van der Waals surface area (Å²) in [5, 5.41) is 0.562. The van der Waals surface area contributed by atoms with Gasteiger partial charge in [-0.1, -0.05) is 41.4 Å². The fourth-order valence-electron chi connectivity index (χ4n) is 2.27. The SMILES string of the molecule is O=C1CS[C@H](c2cccc(Cl)c2Cl)N1c1cccc(F)c1. The number of hydrogen-bond donors (Lipinski definition) is 0. The number of thioether (sulfide) groups is 1. The Morgan fingerprint density at radius 1 is 1.19 bits per heavy atom. The summed E-state index contributed by atoms with van der Waals surface area (Å²) >= 11 is 13.7. The molecule has 0 aliphatic carbocycles. The lowest BCUT2D eigenvalue weighted by atomic mass is 10.2. The molecule has 1 saturated heterocycles. The molecule has 1 amide bonds. The maximum Gasteiger partial charge on any atom is 0.238 e. The molecule has 3 rings (SSSR count). The largest absolute Gasteiger partial charge is 0.295 e. The van der Waals surface area contributed by atoms with E-state index in [2.05, 4.69) is 0 Å². The maximum absolute atomic E-state index is 13.4. The van der Waals surface area contributed by atoms with Crippen molar-refractivity contribution in [1.82, 2.24) is 0 Å². The topological polar surface area (TPSA) is 20.3 Å². The first kappa shape index (κ1) is 14.7. The lowest BCUT2D eigenvalue weighted by Crippen LogP contribution is -2.28. The summed E-state index contributed by atoms with van der Waals surface area (Å²) in [5.74, 6) is -0.135. The summed E-state index contributed by atoms with van der Waals surface area (Å²) in [6.07, 6.45) is 0. The number of benzene rings is 2. The second-order valence-electron chi connectivity index (χ2n) is 4.55. The number of hydrogen-bond acceptors (Lipinski definition) is 2. The van der Waals surface area contributed by atoms with Gasteiger partial charge in [0.1, 0.15) is 11.2 Å². The molecule has 21 heavy (non-hydrogen) atoms. The van der Waals surface area contributed by atoms with Crippen molar-refractivity contribution in [3.05, 3.63) is 63.9 Å². The number of anilines is 1. The quantitative estimate of drug-likeness (QED) is 0.773. The molecule has 2 aromatic carbocycles. The summed E-state index contributed by atoms with van der Waals surface area (Å²) < 4.78 is 13.4. The van der Waals surface area contributed by atoms with Gasteiger partial charge in [0.2, 0.25) is 5.91 Å². The summed E-state index contributed by atoms with van der Waals surface area (Å²) in [6.45, 7) is 0. The van der Waals surface area contributed by atoms with Crippen LogP contribution in [0.1, 0.15) is 10.9 Å². The van der Waals surface area contributed by atoms with Crippen molar-refractivity contribution < 1.29 is 9.18 Å². The molecular weight excluding hydrogens is 332 g/mol. The van der Waals surface area contributed by atoms with E-state index >= 15 is 0 Å². The Balaban J connectivity index is 2.06. The molecule has 1 aliphatic heterocycles. The molecule has 1 heterocycles. The van der Waals surface area contributed by atoms with E-state index in [-0.39, 0.29) is 17.1 Å². The summed E-state index contributed by atoms with van der Waals surface area (Å²) in [5.41, 5.74) is 1.27. The van der Waals surface area contributed by atoms with Crippen molar-refractivity contribution in [3.63, 3.8) is 0 Å². The highest BCUT2D eigenvalue weighted by Crippen LogP contribution is 2.45. The van der Waals surface area contributed by atoms with Gasteiger partial charge >= 0.3 is 0 Å². The summed E-state index contributed by atoms with van der Waals surface area (Å²) in [6, 6.07) is 11.3.